The summed E-state index contributed by atoms with van der Waals surface area (Å²) in [5, 5.41) is 0.235. The van der Waals surface area contributed by atoms with E-state index in [0.717, 1.165) is 0 Å². The summed E-state index contributed by atoms with van der Waals surface area (Å²) in [4.78, 5) is 0. The van der Waals surface area contributed by atoms with Gasteiger partial charge in [-0.2, -0.15) is 0 Å². The van der Waals surface area contributed by atoms with Gasteiger partial charge in [-0.25, -0.2) is 0 Å². The van der Waals surface area contributed by atoms with Crippen molar-refractivity contribution in [1.29, 1.82) is 0 Å². The standard InChI is InChI=1S/C11H17Cl/c1-7-9(12)8-5-6-11(7,4)10(8,2)3/h8-9H,1,5-6H2,2-4H3/t8-,9-,11-/m1/s1. The highest BCUT2D eigenvalue weighted by molar-refractivity contribution is 6.23. The molecule has 0 spiro atoms. The predicted octanol–water partition coefficient (Wildman–Crippen LogP) is 3.61. The molecule has 0 aromatic heterocycles. The summed E-state index contributed by atoms with van der Waals surface area (Å²) in [5.41, 5.74) is 1.96. The van der Waals surface area contributed by atoms with Crippen LogP contribution in [-0.2, 0) is 0 Å². The Balaban J connectivity index is 2.50. The molecule has 2 fully saturated rings. The van der Waals surface area contributed by atoms with Crippen LogP contribution in [0.5, 0.6) is 0 Å². The van der Waals surface area contributed by atoms with E-state index in [4.69, 9.17) is 11.6 Å². The van der Waals surface area contributed by atoms with E-state index in [1.165, 1.54) is 18.4 Å². The first kappa shape index (κ1) is 8.62. The van der Waals surface area contributed by atoms with Crippen molar-refractivity contribution in [2.45, 2.75) is 39.0 Å². The molecule has 0 aromatic rings. The molecule has 0 radical (unpaired) electrons. The van der Waals surface area contributed by atoms with Crippen LogP contribution in [0.4, 0.5) is 0 Å². The predicted molar refractivity (Wildman–Crippen MR) is 53.4 cm³/mol. The van der Waals surface area contributed by atoms with Gasteiger partial charge in [0.05, 0.1) is 5.38 Å². The Morgan fingerprint density at radius 2 is 2.00 bits per heavy atom. The summed E-state index contributed by atoms with van der Waals surface area (Å²) in [6.07, 6.45) is 2.57. The fourth-order valence-corrected chi connectivity index (χ4v) is 3.85. The maximum atomic E-state index is 6.33. The summed E-state index contributed by atoms with van der Waals surface area (Å²) in [6.45, 7) is 11.2. The molecule has 12 heavy (non-hydrogen) atoms. The van der Waals surface area contributed by atoms with Crippen molar-refractivity contribution < 1.29 is 0 Å². The second-order valence-corrected chi connectivity index (χ2v) is 5.60. The second kappa shape index (κ2) is 2.09. The molecule has 2 bridgehead atoms. The summed E-state index contributed by atoms with van der Waals surface area (Å²) in [6, 6.07) is 0. The topological polar surface area (TPSA) is 0 Å². The van der Waals surface area contributed by atoms with Crippen LogP contribution in [0.15, 0.2) is 12.2 Å². The zero-order valence-corrected chi connectivity index (χ0v) is 8.91. The Bertz CT molecular complexity index is 241. The quantitative estimate of drug-likeness (QED) is 0.399. The summed E-state index contributed by atoms with van der Waals surface area (Å²) < 4.78 is 0. The molecule has 0 nitrogen and oxygen atoms in total. The van der Waals surface area contributed by atoms with Crippen LogP contribution < -0.4 is 0 Å². The van der Waals surface area contributed by atoms with Gasteiger partial charge < -0.3 is 0 Å². The third-order valence-corrected chi connectivity index (χ3v) is 5.27. The largest absolute Gasteiger partial charge is 0.118 e. The Hall–Kier alpha value is 0.0300. The SMILES string of the molecule is C=C1[C@@H](Cl)[C@H]2CC[C@@]1(C)C2(C)C. The number of fused-ring (bicyclic) bond motifs is 2. The van der Waals surface area contributed by atoms with Crippen LogP contribution in [0.25, 0.3) is 0 Å². The minimum absolute atomic E-state index is 0.235. The van der Waals surface area contributed by atoms with Crippen molar-refractivity contribution in [3.05, 3.63) is 12.2 Å². The minimum atomic E-state index is 0.235. The van der Waals surface area contributed by atoms with Crippen molar-refractivity contribution >= 4 is 11.6 Å². The molecule has 0 aromatic carbocycles. The van der Waals surface area contributed by atoms with Gasteiger partial charge in [-0.3, -0.25) is 0 Å². The van der Waals surface area contributed by atoms with E-state index in [1.807, 2.05) is 0 Å². The van der Waals surface area contributed by atoms with Gasteiger partial charge in [0.2, 0.25) is 0 Å². The fourth-order valence-electron chi connectivity index (χ4n) is 3.17. The second-order valence-electron chi connectivity index (χ2n) is 5.13. The highest BCUT2D eigenvalue weighted by Gasteiger charge is 2.62. The molecule has 2 rings (SSSR count). The molecule has 2 aliphatic carbocycles. The minimum Gasteiger partial charge on any atom is -0.118 e. The van der Waals surface area contributed by atoms with Crippen LogP contribution >= 0.6 is 11.6 Å². The third kappa shape index (κ3) is 0.666. The number of hydrogen-bond donors (Lipinski definition) is 0. The van der Waals surface area contributed by atoms with E-state index in [1.54, 1.807) is 0 Å². The lowest BCUT2D eigenvalue weighted by atomic mass is 9.69. The first-order chi connectivity index (χ1) is 5.41. The van der Waals surface area contributed by atoms with Gasteiger partial charge in [-0.05, 0) is 29.6 Å². The molecule has 0 heterocycles. The van der Waals surface area contributed by atoms with E-state index in [0.29, 0.717) is 16.7 Å². The molecule has 2 saturated carbocycles. The van der Waals surface area contributed by atoms with Gasteiger partial charge in [0.25, 0.3) is 0 Å². The van der Waals surface area contributed by atoms with E-state index >= 15 is 0 Å². The van der Waals surface area contributed by atoms with Crippen molar-refractivity contribution in [3.63, 3.8) is 0 Å². The van der Waals surface area contributed by atoms with E-state index < -0.39 is 0 Å². The van der Waals surface area contributed by atoms with Crippen LogP contribution in [-0.4, -0.2) is 5.38 Å². The first-order valence-electron chi connectivity index (χ1n) is 4.74. The van der Waals surface area contributed by atoms with Gasteiger partial charge in [-0.15, -0.1) is 11.6 Å². The zero-order valence-electron chi connectivity index (χ0n) is 8.15. The molecular formula is C11H17Cl. The average molecular weight is 185 g/mol. The lowest BCUT2D eigenvalue weighted by Gasteiger charge is -2.34. The maximum absolute atomic E-state index is 6.33. The Morgan fingerprint density at radius 1 is 1.42 bits per heavy atom. The highest BCUT2D eigenvalue weighted by atomic mass is 35.5. The molecule has 1 heteroatoms. The van der Waals surface area contributed by atoms with Crippen molar-refractivity contribution in [2.75, 3.05) is 0 Å². The molecule has 0 unspecified atom stereocenters. The maximum Gasteiger partial charge on any atom is 0.0581 e. The number of halogens is 1. The Morgan fingerprint density at radius 3 is 2.25 bits per heavy atom. The van der Waals surface area contributed by atoms with Gasteiger partial charge in [0.15, 0.2) is 0 Å². The van der Waals surface area contributed by atoms with Crippen molar-refractivity contribution in [2.24, 2.45) is 16.7 Å². The van der Waals surface area contributed by atoms with Crippen molar-refractivity contribution in [1.82, 2.24) is 0 Å². The smallest absolute Gasteiger partial charge is 0.0581 e. The van der Waals surface area contributed by atoms with E-state index in [2.05, 4.69) is 27.4 Å². The van der Waals surface area contributed by atoms with Crippen LogP contribution in [0.1, 0.15) is 33.6 Å². The van der Waals surface area contributed by atoms with Gasteiger partial charge in [0.1, 0.15) is 0 Å². The number of rotatable bonds is 0. The molecule has 68 valence electrons. The van der Waals surface area contributed by atoms with Gasteiger partial charge >= 0.3 is 0 Å². The number of allylic oxidation sites excluding steroid dienone is 1. The third-order valence-electron chi connectivity index (χ3n) is 4.70. The molecule has 0 aliphatic heterocycles. The van der Waals surface area contributed by atoms with Crippen LogP contribution in [0.2, 0.25) is 0 Å². The Kier molecular flexibility index (Phi) is 1.50. The Labute approximate surface area is 80.0 Å². The van der Waals surface area contributed by atoms with Gasteiger partial charge in [-0.1, -0.05) is 32.9 Å². The summed E-state index contributed by atoms with van der Waals surface area (Å²) >= 11 is 6.33. The molecular weight excluding hydrogens is 168 g/mol. The molecule has 0 N–H and O–H groups in total. The van der Waals surface area contributed by atoms with E-state index in [9.17, 15) is 0 Å². The summed E-state index contributed by atoms with van der Waals surface area (Å²) in [7, 11) is 0. The number of alkyl halides is 1. The lowest BCUT2D eigenvalue weighted by Crippen LogP contribution is -2.27. The molecule has 2 aliphatic rings. The normalized spacial score (nSPS) is 50.2. The molecule has 3 atom stereocenters. The monoisotopic (exact) mass is 184 g/mol. The van der Waals surface area contributed by atoms with Crippen LogP contribution in [0.3, 0.4) is 0 Å². The van der Waals surface area contributed by atoms with Gasteiger partial charge in [0, 0.05) is 0 Å². The number of hydrogen-bond acceptors (Lipinski definition) is 0. The fraction of sp³-hybridized carbons (Fsp3) is 0.818. The van der Waals surface area contributed by atoms with E-state index in [-0.39, 0.29) is 5.38 Å². The zero-order chi connectivity index (χ0) is 9.15. The first-order valence-corrected chi connectivity index (χ1v) is 5.18. The average Bonchev–Trinajstić information content (AvgIpc) is 2.26. The molecule has 0 saturated heterocycles. The molecule has 0 amide bonds. The lowest BCUT2D eigenvalue weighted by molar-refractivity contribution is 0.180. The summed E-state index contributed by atoms with van der Waals surface area (Å²) in [5.74, 6) is 0.664. The van der Waals surface area contributed by atoms with Crippen LogP contribution in [0, 0.1) is 16.7 Å². The van der Waals surface area contributed by atoms with Crippen molar-refractivity contribution in [3.8, 4) is 0 Å². The highest BCUT2D eigenvalue weighted by Crippen LogP contribution is 2.68.